The van der Waals surface area contributed by atoms with E-state index in [-0.39, 0.29) is 13.2 Å². The molecule has 0 saturated heterocycles. The molecule has 0 aliphatic rings. The molecule has 0 heterocycles. The van der Waals surface area contributed by atoms with Crippen molar-refractivity contribution in [2.45, 2.75) is 39.4 Å². The maximum Gasteiger partial charge on any atom is 0.127 e. The van der Waals surface area contributed by atoms with E-state index >= 15 is 0 Å². The van der Waals surface area contributed by atoms with Gasteiger partial charge in [0.15, 0.2) is 0 Å². The molecular weight excluding hydrogens is 284 g/mol. The molecule has 0 bridgehead atoms. The van der Waals surface area contributed by atoms with Crippen LogP contribution in [0.15, 0.2) is 16.6 Å². The maximum atomic E-state index is 9.90. The monoisotopic (exact) mass is 302 g/mol. The second-order valence-corrected chi connectivity index (χ2v) is 5.42. The minimum atomic E-state index is -0.841. The van der Waals surface area contributed by atoms with Crippen molar-refractivity contribution >= 4 is 15.9 Å². The summed E-state index contributed by atoms with van der Waals surface area (Å²) in [5.74, 6) is 0.657. The van der Waals surface area contributed by atoms with Gasteiger partial charge in [-0.15, -0.1) is 0 Å². The normalized spacial score (nSPS) is 14.5. The first-order valence-corrected chi connectivity index (χ1v) is 6.44. The van der Waals surface area contributed by atoms with Crippen molar-refractivity contribution in [2.24, 2.45) is 0 Å². The number of hydrogen-bond acceptors (Lipinski definition) is 3. The highest BCUT2D eigenvalue weighted by molar-refractivity contribution is 9.10. The van der Waals surface area contributed by atoms with Crippen LogP contribution in [0.1, 0.15) is 31.4 Å². The molecule has 1 aromatic carbocycles. The lowest BCUT2D eigenvalue weighted by atomic mass is 10.1. The summed E-state index contributed by atoms with van der Waals surface area (Å²) in [6.07, 6.45) is 0.622. The van der Waals surface area contributed by atoms with Crippen LogP contribution in [0.5, 0.6) is 5.75 Å². The number of rotatable bonds is 5. The van der Waals surface area contributed by atoms with E-state index in [0.717, 1.165) is 15.6 Å². The topological polar surface area (TPSA) is 49.7 Å². The molecule has 0 aliphatic heterocycles. The quantitative estimate of drug-likeness (QED) is 0.879. The summed E-state index contributed by atoms with van der Waals surface area (Å²) in [4.78, 5) is 0. The van der Waals surface area contributed by atoms with Gasteiger partial charge in [-0.1, -0.05) is 22.9 Å². The number of hydrogen-bond donors (Lipinski definition) is 2. The average Bonchev–Trinajstić information content (AvgIpc) is 2.26. The van der Waals surface area contributed by atoms with Crippen LogP contribution in [0.3, 0.4) is 0 Å². The Morgan fingerprint density at radius 3 is 2.59 bits per heavy atom. The largest absolute Gasteiger partial charge is 0.490 e. The van der Waals surface area contributed by atoms with Gasteiger partial charge < -0.3 is 14.9 Å². The van der Waals surface area contributed by atoms with Crippen LogP contribution in [0, 0.1) is 6.92 Å². The number of benzene rings is 1. The molecule has 3 nitrogen and oxygen atoms in total. The highest BCUT2D eigenvalue weighted by Crippen LogP contribution is 2.29. The van der Waals surface area contributed by atoms with Crippen molar-refractivity contribution in [2.75, 3.05) is 6.61 Å². The second-order valence-electron chi connectivity index (χ2n) is 4.51. The van der Waals surface area contributed by atoms with Gasteiger partial charge in [-0.05, 0) is 38.0 Å². The Morgan fingerprint density at radius 1 is 1.41 bits per heavy atom. The molecule has 17 heavy (non-hydrogen) atoms. The smallest absolute Gasteiger partial charge is 0.127 e. The molecule has 1 unspecified atom stereocenters. The van der Waals surface area contributed by atoms with Gasteiger partial charge in [0.05, 0.1) is 12.2 Å². The Kier molecular flexibility index (Phi) is 4.98. The number of ether oxygens (including phenoxy) is 1. The lowest BCUT2D eigenvalue weighted by Crippen LogP contribution is -2.31. The van der Waals surface area contributed by atoms with Crippen molar-refractivity contribution in [3.05, 3.63) is 27.7 Å². The predicted octanol–water partition coefficient (Wildman–Crippen LogP) is 2.79. The zero-order chi connectivity index (χ0) is 13.1. The molecule has 0 saturated carbocycles. The van der Waals surface area contributed by atoms with Gasteiger partial charge >= 0.3 is 0 Å². The van der Waals surface area contributed by atoms with Gasteiger partial charge in [-0.25, -0.2) is 0 Å². The summed E-state index contributed by atoms with van der Waals surface area (Å²) in [5.41, 5.74) is 0.825. The SMILES string of the molecule is CCC(C)(O)COc1c(C)cc(Br)cc1CO. The third-order valence-corrected chi connectivity index (χ3v) is 3.23. The lowest BCUT2D eigenvalue weighted by Gasteiger charge is -2.23. The minimum Gasteiger partial charge on any atom is -0.490 e. The molecule has 0 radical (unpaired) electrons. The Balaban J connectivity index is 2.90. The van der Waals surface area contributed by atoms with Crippen LogP contribution in [-0.4, -0.2) is 22.4 Å². The molecule has 1 atom stereocenters. The van der Waals surface area contributed by atoms with Crippen LogP contribution in [0.25, 0.3) is 0 Å². The highest BCUT2D eigenvalue weighted by Gasteiger charge is 2.20. The first-order chi connectivity index (χ1) is 7.89. The molecular formula is C13H19BrO3. The van der Waals surface area contributed by atoms with Crippen molar-refractivity contribution in [3.8, 4) is 5.75 Å². The summed E-state index contributed by atoms with van der Waals surface area (Å²) in [6.45, 7) is 5.70. The number of aliphatic hydroxyl groups excluding tert-OH is 1. The molecule has 4 heteroatoms. The molecule has 0 aromatic heterocycles. The van der Waals surface area contributed by atoms with Gasteiger partial charge in [0.25, 0.3) is 0 Å². The summed E-state index contributed by atoms with van der Waals surface area (Å²) in [6, 6.07) is 3.75. The highest BCUT2D eigenvalue weighted by atomic mass is 79.9. The molecule has 0 fully saturated rings. The van der Waals surface area contributed by atoms with Gasteiger partial charge in [-0.2, -0.15) is 0 Å². The molecule has 2 N–H and O–H groups in total. The van der Waals surface area contributed by atoms with Crippen molar-refractivity contribution in [1.29, 1.82) is 0 Å². The summed E-state index contributed by atoms with van der Waals surface area (Å²) < 4.78 is 6.55. The van der Waals surface area contributed by atoms with E-state index in [2.05, 4.69) is 15.9 Å². The summed E-state index contributed by atoms with van der Waals surface area (Å²) >= 11 is 3.38. The zero-order valence-corrected chi connectivity index (χ0v) is 12.0. The van der Waals surface area contributed by atoms with E-state index in [1.54, 1.807) is 6.92 Å². The average molecular weight is 303 g/mol. The van der Waals surface area contributed by atoms with Crippen molar-refractivity contribution < 1.29 is 14.9 Å². The van der Waals surface area contributed by atoms with Gasteiger partial charge in [0.2, 0.25) is 0 Å². The molecule has 1 rings (SSSR count). The zero-order valence-electron chi connectivity index (χ0n) is 10.5. The van der Waals surface area contributed by atoms with Crippen LogP contribution in [0.2, 0.25) is 0 Å². The Morgan fingerprint density at radius 2 is 2.06 bits per heavy atom. The Hall–Kier alpha value is -0.580. The molecule has 0 spiro atoms. The minimum absolute atomic E-state index is 0.0795. The maximum absolute atomic E-state index is 9.90. The fourth-order valence-corrected chi connectivity index (χ4v) is 2.07. The van der Waals surface area contributed by atoms with Gasteiger partial charge in [0.1, 0.15) is 12.4 Å². The third kappa shape index (κ3) is 3.98. The van der Waals surface area contributed by atoms with E-state index in [1.165, 1.54) is 0 Å². The summed E-state index contributed by atoms with van der Waals surface area (Å²) in [5, 5.41) is 19.2. The standard InChI is InChI=1S/C13H19BrO3/c1-4-13(3,16)8-17-12-9(2)5-11(14)6-10(12)7-15/h5-6,15-16H,4,7-8H2,1-3H3. The Labute approximate surface area is 111 Å². The van der Waals surface area contributed by atoms with Crippen molar-refractivity contribution in [3.63, 3.8) is 0 Å². The molecule has 0 amide bonds. The van der Waals surface area contributed by atoms with E-state index < -0.39 is 5.60 Å². The first kappa shape index (κ1) is 14.5. The van der Waals surface area contributed by atoms with Crippen LogP contribution >= 0.6 is 15.9 Å². The number of halogens is 1. The fraction of sp³-hybridized carbons (Fsp3) is 0.538. The molecule has 1 aromatic rings. The first-order valence-electron chi connectivity index (χ1n) is 5.64. The van der Waals surface area contributed by atoms with E-state index in [0.29, 0.717) is 12.2 Å². The van der Waals surface area contributed by atoms with Crippen molar-refractivity contribution in [1.82, 2.24) is 0 Å². The van der Waals surface area contributed by atoms with E-state index in [1.807, 2.05) is 26.0 Å². The van der Waals surface area contributed by atoms with Gasteiger partial charge in [-0.3, -0.25) is 0 Å². The van der Waals surface area contributed by atoms with Crippen LogP contribution < -0.4 is 4.74 Å². The molecule has 96 valence electrons. The molecule has 0 aliphatic carbocycles. The lowest BCUT2D eigenvalue weighted by molar-refractivity contribution is 0.00763. The Bertz CT molecular complexity index is 388. The summed E-state index contributed by atoms with van der Waals surface area (Å²) in [7, 11) is 0. The fourth-order valence-electron chi connectivity index (χ4n) is 1.45. The number of aryl methyl sites for hydroxylation is 1. The predicted molar refractivity (Wildman–Crippen MR) is 71.2 cm³/mol. The second kappa shape index (κ2) is 5.85. The van der Waals surface area contributed by atoms with Gasteiger partial charge in [0, 0.05) is 10.0 Å². The van der Waals surface area contributed by atoms with Crippen LogP contribution in [0.4, 0.5) is 0 Å². The number of aliphatic hydroxyl groups is 2. The van der Waals surface area contributed by atoms with E-state index in [9.17, 15) is 10.2 Å². The van der Waals surface area contributed by atoms with Crippen LogP contribution in [-0.2, 0) is 6.61 Å². The van der Waals surface area contributed by atoms with E-state index in [4.69, 9.17) is 4.74 Å². The third-order valence-electron chi connectivity index (χ3n) is 2.78.